The van der Waals surface area contributed by atoms with Crippen molar-refractivity contribution >= 4 is 17.5 Å². The number of carbonyl (C=O) groups is 1. The molecule has 8 heteroatoms. The molecule has 0 spiro atoms. The maximum absolute atomic E-state index is 12.2. The zero-order chi connectivity index (χ0) is 17.8. The van der Waals surface area contributed by atoms with Crippen LogP contribution in [0.25, 0.3) is 0 Å². The predicted octanol–water partition coefficient (Wildman–Crippen LogP) is -0.352. The lowest BCUT2D eigenvalue weighted by Crippen LogP contribution is -2.51. The van der Waals surface area contributed by atoms with Crippen molar-refractivity contribution in [2.75, 3.05) is 69.8 Å². The second-order valence-corrected chi connectivity index (χ2v) is 7.01. The lowest BCUT2D eigenvalue weighted by molar-refractivity contribution is -0.132. The minimum Gasteiger partial charge on any atom is -0.394 e. The SMILES string of the molecule is CN(C)CC(=O)N1CCN(c2cc(N3CCC[C@@H]3CO)ncn2)CC1. The monoisotopic (exact) mass is 348 g/mol. The smallest absolute Gasteiger partial charge is 0.236 e. The summed E-state index contributed by atoms with van der Waals surface area (Å²) < 4.78 is 0. The van der Waals surface area contributed by atoms with Crippen LogP contribution in [-0.2, 0) is 4.79 Å². The van der Waals surface area contributed by atoms with Crippen LogP contribution in [0.15, 0.2) is 12.4 Å². The Morgan fingerprint density at radius 2 is 1.92 bits per heavy atom. The molecule has 2 saturated heterocycles. The fourth-order valence-corrected chi connectivity index (χ4v) is 3.55. The summed E-state index contributed by atoms with van der Waals surface area (Å²) in [5, 5.41) is 9.52. The molecule has 1 N–H and O–H groups in total. The minimum atomic E-state index is 0.156. The largest absolute Gasteiger partial charge is 0.394 e. The predicted molar refractivity (Wildman–Crippen MR) is 96.8 cm³/mol. The van der Waals surface area contributed by atoms with Gasteiger partial charge in [-0.1, -0.05) is 0 Å². The average Bonchev–Trinajstić information content (AvgIpc) is 3.10. The van der Waals surface area contributed by atoms with Gasteiger partial charge >= 0.3 is 0 Å². The minimum absolute atomic E-state index is 0.156. The molecule has 0 unspecified atom stereocenters. The van der Waals surface area contributed by atoms with Crippen LogP contribution in [0, 0.1) is 0 Å². The van der Waals surface area contributed by atoms with Crippen LogP contribution < -0.4 is 9.80 Å². The molecule has 2 aliphatic rings. The van der Waals surface area contributed by atoms with Crippen molar-refractivity contribution in [2.45, 2.75) is 18.9 Å². The number of anilines is 2. The zero-order valence-electron chi connectivity index (χ0n) is 15.1. The number of aliphatic hydroxyl groups excluding tert-OH is 1. The van der Waals surface area contributed by atoms with Crippen molar-refractivity contribution in [1.82, 2.24) is 19.8 Å². The summed E-state index contributed by atoms with van der Waals surface area (Å²) in [5.74, 6) is 1.96. The highest BCUT2D eigenvalue weighted by molar-refractivity contribution is 5.78. The lowest BCUT2D eigenvalue weighted by Gasteiger charge is -2.36. The summed E-state index contributed by atoms with van der Waals surface area (Å²) in [7, 11) is 3.82. The first-order valence-corrected chi connectivity index (χ1v) is 8.95. The fourth-order valence-electron chi connectivity index (χ4n) is 3.55. The van der Waals surface area contributed by atoms with Gasteiger partial charge in [0.25, 0.3) is 0 Å². The van der Waals surface area contributed by atoms with Gasteiger partial charge in [-0.25, -0.2) is 9.97 Å². The van der Waals surface area contributed by atoms with Crippen LogP contribution in [0.1, 0.15) is 12.8 Å². The number of hydrogen-bond donors (Lipinski definition) is 1. The van der Waals surface area contributed by atoms with Gasteiger partial charge < -0.3 is 24.7 Å². The van der Waals surface area contributed by atoms with Crippen molar-refractivity contribution < 1.29 is 9.90 Å². The molecular weight excluding hydrogens is 320 g/mol. The molecule has 0 aliphatic carbocycles. The van der Waals surface area contributed by atoms with Crippen LogP contribution >= 0.6 is 0 Å². The van der Waals surface area contributed by atoms with Crippen LogP contribution in [0.2, 0.25) is 0 Å². The van der Waals surface area contributed by atoms with E-state index in [0.29, 0.717) is 6.54 Å². The summed E-state index contributed by atoms with van der Waals surface area (Å²) in [4.78, 5) is 29.2. The highest BCUT2D eigenvalue weighted by Gasteiger charge is 2.26. The van der Waals surface area contributed by atoms with Gasteiger partial charge in [-0.2, -0.15) is 0 Å². The van der Waals surface area contributed by atoms with Gasteiger partial charge in [-0.05, 0) is 26.9 Å². The van der Waals surface area contributed by atoms with Crippen molar-refractivity contribution in [2.24, 2.45) is 0 Å². The average molecular weight is 348 g/mol. The number of rotatable bonds is 5. The van der Waals surface area contributed by atoms with Gasteiger partial charge in [-0.3, -0.25) is 4.79 Å². The molecule has 8 nitrogen and oxygen atoms in total. The van der Waals surface area contributed by atoms with E-state index < -0.39 is 0 Å². The first kappa shape index (κ1) is 17.9. The third-order valence-electron chi connectivity index (χ3n) is 4.93. The first-order valence-electron chi connectivity index (χ1n) is 8.95. The third kappa shape index (κ3) is 4.19. The summed E-state index contributed by atoms with van der Waals surface area (Å²) in [6, 6.07) is 2.16. The number of aromatic nitrogens is 2. The summed E-state index contributed by atoms with van der Waals surface area (Å²) in [6.07, 6.45) is 3.68. The Balaban J connectivity index is 1.62. The molecule has 1 aromatic rings. The summed E-state index contributed by atoms with van der Waals surface area (Å²) in [6.45, 7) is 4.53. The number of nitrogens with zero attached hydrogens (tertiary/aromatic N) is 6. The molecule has 1 amide bonds. The molecule has 0 bridgehead atoms. The number of hydrogen-bond acceptors (Lipinski definition) is 7. The second kappa shape index (κ2) is 7.97. The Bertz CT molecular complexity index is 588. The molecule has 25 heavy (non-hydrogen) atoms. The molecule has 2 fully saturated rings. The Hall–Kier alpha value is -1.93. The zero-order valence-corrected chi connectivity index (χ0v) is 15.1. The van der Waals surface area contributed by atoms with E-state index in [-0.39, 0.29) is 18.6 Å². The van der Waals surface area contributed by atoms with Crippen molar-refractivity contribution in [3.05, 3.63) is 12.4 Å². The molecule has 2 aliphatic heterocycles. The molecule has 1 aromatic heterocycles. The van der Waals surface area contributed by atoms with E-state index >= 15 is 0 Å². The van der Waals surface area contributed by atoms with E-state index in [4.69, 9.17) is 0 Å². The van der Waals surface area contributed by atoms with Gasteiger partial charge in [0, 0.05) is 38.8 Å². The third-order valence-corrected chi connectivity index (χ3v) is 4.93. The van der Waals surface area contributed by atoms with Crippen molar-refractivity contribution in [1.29, 1.82) is 0 Å². The summed E-state index contributed by atoms with van der Waals surface area (Å²) >= 11 is 0. The number of likely N-dealkylation sites (N-methyl/N-ethyl adjacent to an activating group) is 1. The normalized spacial score (nSPS) is 21.3. The lowest BCUT2D eigenvalue weighted by atomic mass is 10.2. The maximum atomic E-state index is 12.2. The van der Waals surface area contributed by atoms with E-state index in [1.165, 1.54) is 0 Å². The molecule has 3 rings (SSSR count). The van der Waals surface area contributed by atoms with Crippen LogP contribution in [-0.4, -0.2) is 96.8 Å². The summed E-state index contributed by atoms with van der Waals surface area (Å²) in [5.41, 5.74) is 0. The quantitative estimate of drug-likeness (QED) is 0.779. The van der Waals surface area contributed by atoms with Crippen LogP contribution in [0.4, 0.5) is 11.6 Å². The maximum Gasteiger partial charge on any atom is 0.236 e. The van der Waals surface area contributed by atoms with Gasteiger partial charge in [0.1, 0.15) is 18.0 Å². The van der Waals surface area contributed by atoms with E-state index in [0.717, 1.165) is 57.2 Å². The highest BCUT2D eigenvalue weighted by Crippen LogP contribution is 2.26. The van der Waals surface area contributed by atoms with E-state index in [1.807, 2.05) is 30.0 Å². The van der Waals surface area contributed by atoms with Gasteiger partial charge in [0.15, 0.2) is 0 Å². The Labute approximate surface area is 149 Å². The number of carbonyl (C=O) groups excluding carboxylic acids is 1. The molecule has 138 valence electrons. The second-order valence-electron chi connectivity index (χ2n) is 7.01. The van der Waals surface area contributed by atoms with Crippen LogP contribution in [0.3, 0.4) is 0 Å². The Kier molecular flexibility index (Phi) is 5.70. The molecule has 1 atom stereocenters. The highest BCUT2D eigenvalue weighted by atomic mass is 16.3. The van der Waals surface area contributed by atoms with E-state index in [2.05, 4.69) is 19.8 Å². The van der Waals surface area contributed by atoms with Crippen molar-refractivity contribution in [3.63, 3.8) is 0 Å². The van der Waals surface area contributed by atoms with E-state index in [9.17, 15) is 9.90 Å². The molecule has 0 radical (unpaired) electrons. The van der Waals surface area contributed by atoms with Gasteiger partial charge in [0.05, 0.1) is 19.2 Å². The Morgan fingerprint density at radius 3 is 2.60 bits per heavy atom. The molecule has 3 heterocycles. The van der Waals surface area contributed by atoms with Crippen LogP contribution in [0.5, 0.6) is 0 Å². The molecule has 0 saturated carbocycles. The standard InChI is InChI=1S/C17H28N6O2/c1-20(2)11-17(25)22-8-6-21(7-9-22)15-10-16(19-13-18-15)23-5-3-4-14(23)12-24/h10,13-14,24H,3-9,11-12H2,1-2H3/t14-/m1/s1. The van der Waals surface area contributed by atoms with Crippen molar-refractivity contribution in [3.8, 4) is 0 Å². The topological polar surface area (TPSA) is 76.0 Å². The molecule has 0 aromatic carbocycles. The number of aliphatic hydroxyl groups is 1. The fraction of sp³-hybridized carbons (Fsp3) is 0.706. The van der Waals surface area contributed by atoms with E-state index in [1.54, 1.807) is 6.33 Å². The number of piperazine rings is 1. The number of amides is 1. The van der Waals surface area contributed by atoms with Gasteiger partial charge in [0.2, 0.25) is 5.91 Å². The molecular formula is C17H28N6O2. The Morgan fingerprint density at radius 1 is 1.20 bits per heavy atom. The van der Waals surface area contributed by atoms with Gasteiger partial charge in [-0.15, -0.1) is 0 Å². The first-order chi connectivity index (χ1) is 12.1.